The first-order valence-corrected chi connectivity index (χ1v) is 29.4. The third kappa shape index (κ3) is 7.29. The lowest BCUT2D eigenvalue weighted by molar-refractivity contribution is 0.667. The minimum Gasteiger partial charge on any atom is -0.456 e. The summed E-state index contributed by atoms with van der Waals surface area (Å²) in [5, 5.41) is 9.75. The Labute approximate surface area is 489 Å². The quantitative estimate of drug-likeness (QED) is 0.151. The van der Waals surface area contributed by atoms with Gasteiger partial charge in [-0.15, -0.1) is 0 Å². The van der Waals surface area contributed by atoms with Crippen LogP contribution in [-0.4, -0.2) is 0 Å². The van der Waals surface area contributed by atoms with E-state index in [1.165, 1.54) is 0 Å². The highest BCUT2D eigenvalue weighted by Gasteiger charge is 2.29. The molecule has 4 aromatic heterocycles. The number of hydrogen-bond donors (Lipinski definition) is 0. The van der Waals surface area contributed by atoms with Gasteiger partial charge in [-0.2, -0.15) is 0 Å². The summed E-state index contributed by atoms with van der Waals surface area (Å²) in [6.45, 7) is 0. The molecule has 4 heterocycles. The molecule has 6 nitrogen and oxygen atoms in total. The van der Waals surface area contributed by atoms with Crippen LogP contribution in [-0.2, 0) is 25.7 Å². The van der Waals surface area contributed by atoms with Crippen LogP contribution in [0.4, 0.5) is 34.1 Å². The molecule has 6 heteroatoms. The number of anilines is 6. The fraction of sp³-hybridized carbons (Fsp3) is 0.103. The standard InChI is InChI=1S/C78H54N2O4/c1-3-19-49(20-4-1)75-55-23-9-7-17-47(55)33-39-65(75)79(67-29-15-27-61-57-25-11-13-31-69(57)83-77(61)67)53-35-37-59-63-41-51-44-72-64(42-52(51)43-71(63)81-73(59)45-53)60-38-36-54(46-74(60)82-72)80(68-30-16-28-62-58-26-12-14-32-70(58)84-78(62)68)66-40-34-48-18-8-10-24-56(48)76(66)50-21-5-2-6-22-50/h1-6,11-16,19-22,25-46H,7-10,17-18,23-24H2/i33D,34D,39D,40D. The predicted octanol–water partition coefficient (Wildman–Crippen LogP) is 22.5. The average Bonchev–Trinajstić information content (AvgIpc) is 1.24. The van der Waals surface area contributed by atoms with Gasteiger partial charge in [0.2, 0.25) is 0 Å². The molecule has 0 atom stereocenters. The summed E-state index contributed by atoms with van der Waals surface area (Å²) in [6.07, 6.45) is 7.22. The third-order valence-electron chi connectivity index (χ3n) is 18.0. The number of hydrogen-bond acceptors (Lipinski definition) is 6. The molecule has 16 aromatic rings. The van der Waals surface area contributed by atoms with Gasteiger partial charge in [0.25, 0.3) is 0 Å². The highest BCUT2D eigenvalue weighted by atomic mass is 16.3. The van der Waals surface area contributed by atoms with Crippen molar-refractivity contribution in [2.45, 2.75) is 51.4 Å². The summed E-state index contributed by atoms with van der Waals surface area (Å²) in [5.41, 5.74) is 18.4. The van der Waals surface area contributed by atoms with Gasteiger partial charge in [-0.25, -0.2) is 0 Å². The molecule has 0 aliphatic heterocycles. The number of para-hydroxylation sites is 4. The first-order chi connectivity index (χ1) is 43.3. The van der Waals surface area contributed by atoms with Crippen LogP contribution in [0.5, 0.6) is 0 Å². The van der Waals surface area contributed by atoms with E-state index in [9.17, 15) is 5.48 Å². The van der Waals surface area contributed by atoms with E-state index in [-0.39, 0.29) is 24.2 Å². The minimum absolute atomic E-state index is 0.172. The maximum absolute atomic E-state index is 10.0. The molecule has 0 N–H and O–H groups in total. The van der Waals surface area contributed by atoms with Crippen molar-refractivity contribution < 1.29 is 23.2 Å². The average molecular weight is 1090 g/mol. The smallest absolute Gasteiger partial charge is 0.159 e. The van der Waals surface area contributed by atoms with E-state index in [0.717, 1.165) is 195 Å². The van der Waals surface area contributed by atoms with Gasteiger partial charge in [0.15, 0.2) is 11.2 Å². The summed E-state index contributed by atoms with van der Waals surface area (Å²) in [5.74, 6) is 0. The van der Waals surface area contributed by atoms with Gasteiger partial charge in [0, 0.05) is 66.3 Å². The lowest BCUT2D eigenvalue weighted by Crippen LogP contribution is -2.14. The highest BCUT2D eigenvalue weighted by Crippen LogP contribution is 2.52. The van der Waals surface area contributed by atoms with Gasteiger partial charge in [0.1, 0.15) is 33.5 Å². The molecule has 2 aliphatic carbocycles. The molecule has 84 heavy (non-hydrogen) atoms. The van der Waals surface area contributed by atoms with Crippen LogP contribution in [0, 0.1) is 0 Å². The Hall–Kier alpha value is -10.3. The summed E-state index contributed by atoms with van der Waals surface area (Å²) >= 11 is 0. The molecule has 0 radical (unpaired) electrons. The SMILES string of the molecule is [2H]c1c([2H])c(N(c2ccc3c(c2)oc2cc4cc5c(cc4cc23)oc2cc(N(c3c([2H])c([2H])c4c(c3-c3ccccc3)CCCC4)c3cccc4c3oc3ccccc34)ccc25)c2cccc3c2oc2ccccc23)c(-c2ccccc2)c2c1CCCC2. The van der Waals surface area contributed by atoms with Crippen molar-refractivity contribution in [1.82, 2.24) is 0 Å². The summed E-state index contributed by atoms with van der Waals surface area (Å²) < 4.78 is 66.8. The lowest BCUT2D eigenvalue weighted by atomic mass is 9.84. The summed E-state index contributed by atoms with van der Waals surface area (Å²) in [4.78, 5) is 4.28. The largest absolute Gasteiger partial charge is 0.456 e. The number of rotatable bonds is 8. The van der Waals surface area contributed by atoms with Crippen LogP contribution >= 0.6 is 0 Å². The van der Waals surface area contributed by atoms with Crippen molar-refractivity contribution >= 4 is 133 Å². The molecule has 0 saturated carbocycles. The lowest BCUT2D eigenvalue weighted by Gasteiger charge is -2.31. The molecule has 2 aliphatic rings. The Morgan fingerprint density at radius 1 is 0.298 bits per heavy atom. The molecule has 0 amide bonds. The fourth-order valence-electron chi connectivity index (χ4n) is 14.1. The molecule has 18 rings (SSSR count). The van der Waals surface area contributed by atoms with Crippen LogP contribution in [0.25, 0.3) is 121 Å². The number of fused-ring (bicyclic) bond motifs is 15. The first-order valence-electron chi connectivity index (χ1n) is 31.4. The van der Waals surface area contributed by atoms with Crippen molar-refractivity contribution in [3.63, 3.8) is 0 Å². The van der Waals surface area contributed by atoms with Crippen molar-refractivity contribution in [2.75, 3.05) is 9.80 Å². The van der Waals surface area contributed by atoms with Gasteiger partial charge < -0.3 is 27.5 Å². The second-order valence-electron chi connectivity index (χ2n) is 22.8. The zero-order chi connectivity index (χ0) is 58.5. The maximum atomic E-state index is 10.0. The summed E-state index contributed by atoms with van der Waals surface area (Å²) in [6, 6.07) is 71.6. The van der Waals surface area contributed by atoms with E-state index in [4.69, 9.17) is 17.7 Å². The van der Waals surface area contributed by atoms with Crippen molar-refractivity contribution in [3.8, 4) is 22.3 Å². The molecule has 0 spiro atoms. The van der Waals surface area contributed by atoms with Crippen molar-refractivity contribution in [3.05, 3.63) is 253 Å². The van der Waals surface area contributed by atoms with Gasteiger partial charge in [0.05, 0.1) is 39.6 Å². The molecular weight excluding hydrogens is 1030 g/mol. The number of benzene rings is 12. The van der Waals surface area contributed by atoms with Crippen LogP contribution in [0.2, 0.25) is 0 Å². The van der Waals surface area contributed by atoms with Crippen molar-refractivity contribution in [2.24, 2.45) is 0 Å². The second kappa shape index (κ2) is 18.6. The molecule has 0 saturated heterocycles. The van der Waals surface area contributed by atoms with Crippen LogP contribution in [0.3, 0.4) is 0 Å². The zero-order valence-corrected chi connectivity index (χ0v) is 45.8. The molecule has 0 fully saturated rings. The van der Waals surface area contributed by atoms with E-state index < -0.39 is 0 Å². The Morgan fingerprint density at radius 3 is 1.18 bits per heavy atom. The highest BCUT2D eigenvalue weighted by molar-refractivity contribution is 6.17. The monoisotopic (exact) mass is 1090 g/mol. The second-order valence-corrected chi connectivity index (χ2v) is 22.8. The molecule has 0 bridgehead atoms. The van der Waals surface area contributed by atoms with Gasteiger partial charge in [-0.05, 0) is 180 Å². The van der Waals surface area contributed by atoms with E-state index in [1.54, 1.807) is 0 Å². The van der Waals surface area contributed by atoms with Crippen LogP contribution in [0.1, 0.15) is 53.4 Å². The van der Waals surface area contributed by atoms with E-state index in [1.807, 2.05) is 48.5 Å². The molecule has 12 aromatic carbocycles. The van der Waals surface area contributed by atoms with Crippen molar-refractivity contribution in [1.29, 1.82) is 0 Å². The first kappa shape index (κ1) is 43.4. The Balaban J connectivity index is 0.805. The van der Waals surface area contributed by atoms with Gasteiger partial charge >= 0.3 is 0 Å². The maximum Gasteiger partial charge on any atom is 0.159 e. The van der Waals surface area contributed by atoms with Gasteiger partial charge in [-0.3, -0.25) is 0 Å². The van der Waals surface area contributed by atoms with E-state index in [0.29, 0.717) is 33.7 Å². The fourth-order valence-corrected chi connectivity index (χ4v) is 14.1. The topological polar surface area (TPSA) is 59.0 Å². The number of furan rings is 4. The van der Waals surface area contributed by atoms with E-state index in [2.05, 4.69) is 168 Å². The summed E-state index contributed by atoms with van der Waals surface area (Å²) in [7, 11) is 0. The number of nitrogens with zero attached hydrogens (tertiary/aromatic N) is 2. The predicted molar refractivity (Wildman–Crippen MR) is 347 cm³/mol. The normalized spacial score (nSPS) is 14.2. The Kier molecular flexibility index (Phi) is 9.62. The van der Waals surface area contributed by atoms with Crippen LogP contribution < -0.4 is 9.80 Å². The molecule has 0 unspecified atom stereocenters. The molecule has 400 valence electrons. The van der Waals surface area contributed by atoms with Gasteiger partial charge in [-0.1, -0.05) is 133 Å². The Bertz CT molecular complexity index is 5260. The molecular formula is C78H54N2O4. The Morgan fingerprint density at radius 2 is 0.702 bits per heavy atom. The zero-order valence-electron chi connectivity index (χ0n) is 49.8. The minimum atomic E-state index is 0.172. The third-order valence-corrected chi connectivity index (χ3v) is 18.0. The van der Waals surface area contributed by atoms with E-state index >= 15 is 0 Å². The van der Waals surface area contributed by atoms with Crippen LogP contribution in [0.15, 0.2) is 248 Å².